The summed E-state index contributed by atoms with van der Waals surface area (Å²) in [6, 6.07) is 35.6. The Morgan fingerprint density at radius 2 is 1.26 bits per heavy atom. The van der Waals surface area contributed by atoms with E-state index >= 15 is 0 Å². The van der Waals surface area contributed by atoms with Crippen LogP contribution in [0.5, 0.6) is 0 Å². The molecule has 5 aromatic carbocycles. The summed E-state index contributed by atoms with van der Waals surface area (Å²) in [7, 11) is 0. The van der Waals surface area contributed by atoms with Gasteiger partial charge in [-0.15, -0.1) is 0 Å². The third kappa shape index (κ3) is 2.14. The molecule has 2 aliphatic carbocycles. The number of fused-ring (bicyclic) bond motifs is 16. The van der Waals surface area contributed by atoms with Crippen molar-refractivity contribution in [1.82, 2.24) is 9.38 Å². The summed E-state index contributed by atoms with van der Waals surface area (Å²) >= 11 is 0. The summed E-state index contributed by atoms with van der Waals surface area (Å²) in [5.74, 6) is 0. The van der Waals surface area contributed by atoms with Gasteiger partial charge < -0.3 is 0 Å². The standard InChI is InChI=1S/C33H20N2/c1-2-8-22-19(7-1)17-20-13-15-25-27(30(20)22)18-21-14-16-29-32(31(21)25)34-33-26-11-4-3-9-23(26)24-10-5-6-12-28(24)35(29)33/h1-16H,17-18H2. The van der Waals surface area contributed by atoms with Crippen LogP contribution in [-0.2, 0) is 12.8 Å². The van der Waals surface area contributed by atoms with Crippen LogP contribution in [0.1, 0.15) is 22.3 Å². The van der Waals surface area contributed by atoms with Gasteiger partial charge in [0.05, 0.1) is 16.6 Å². The van der Waals surface area contributed by atoms with E-state index < -0.39 is 0 Å². The summed E-state index contributed by atoms with van der Waals surface area (Å²) in [4.78, 5) is 5.36. The molecule has 2 aliphatic rings. The van der Waals surface area contributed by atoms with Crippen LogP contribution in [0.25, 0.3) is 60.6 Å². The predicted octanol–water partition coefficient (Wildman–Crippen LogP) is 7.94. The number of nitrogens with zero attached hydrogens (tertiary/aromatic N) is 2. The van der Waals surface area contributed by atoms with Crippen LogP contribution in [0.2, 0.25) is 0 Å². The van der Waals surface area contributed by atoms with Crippen LogP contribution in [0.4, 0.5) is 0 Å². The number of imidazole rings is 1. The number of hydrogen-bond donors (Lipinski definition) is 0. The first-order valence-corrected chi connectivity index (χ1v) is 12.3. The molecule has 162 valence electrons. The molecule has 0 saturated heterocycles. The topological polar surface area (TPSA) is 17.3 Å². The maximum Gasteiger partial charge on any atom is 0.146 e. The van der Waals surface area contributed by atoms with Crippen LogP contribution in [0, 0.1) is 0 Å². The molecule has 2 heteroatoms. The molecule has 0 bridgehead atoms. The normalized spacial score (nSPS) is 13.5. The molecule has 0 fully saturated rings. The van der Waals surface area contributed by atoms with E-state index in [1.54, 1.807) is 0 Å². The molecule has 2 aromatic heterocycles. The number of aromatic nitrogens is 2. The lowest BCUT2D eigenvalue weighted by Gasteiger charge is -2.09. The van der Waals surface area contributed by atoms with Gasteiger partial charge in [0, 0.05) is 16.3 Å². The van der Waals surface area contributed by atoms with E-state index in [0.29, 0.717) is 0 Å². The van der Waals surface area contributed by atoms with Crippen molar-refractivity contribution in [2.45, 2.75) is 12.8 Å². The minimum Gasteiger partial charge on any atom is -0.292 e. The number of rotatable bonds is 0. The molecule has 0 atom stereocenters. The highest BCUT2D eigenvalue weighted by Gasteiger charge is 2.30. The number of pyridine rings is 1. The Morgan fingerprint density at radius 3 is 2.20 bits per heavy atom. The number of benzene rings is 5. The highest BCUT2D eigenvalue weighted by atomic mass is 15.0. The van der Waals surface area contributed by atoms with E-state index in [2.05, 4.69) is 101 Å². The lowest BCUT2D eigenvalue weighted by molar-refractivity contribution is 1.23. The highest BCUT2D eigenvalue weighted by Crippen LogP contribution is 2.49. The van der Waals surface area contributed by atoms with Gasteiger partial charge in [-0.05, 0) is 69.3 Å². The second kappa shape index (κ2) is 6.17. The lowest BCUT2D eigenvalue weighted by atomic mass is 9.95. The summed E-state index contributed by atoms with van der Waals surface area (Å²) in [6.07, 6.45) is 2.02. The van der Waals surface area contributed by atoms with Crippen LogP contribution in [-0.4, -0.2) is 9.38 Å². The third-order valence-electron chi connectivity index (χ3n) is 8.22. The van der Waals surface area contributed by atoms with Gasteiger partial charge in [-0.25, -0.2) is 4.98 Å². The SMILES string of the molecule is c1ccc2c(c1)Cc1ccc3c(c1-2)Cc1ccc2c(nc4c5ccccc5c5ccccc5n24)c1-3. The second-order valence-corrected chi connectivity index (χ2v) is 9.94. The van der Waals surface area contributed by atoms with Crippen molar-refractivity contribution in [3.63, 3.8) is 0 Å². The maximum absolute atomic E-state index is 5.36. The zero-order valence-corrected chi connectivity index (χ0v) is 19.0. The van der Waals surface area contributed by atoms with Crippen molar-refractivity contribution in [3.8, 4) is 22.3 Å². The molecule has 9 rings (SSSR count). The third-order valence-corrected chi connectivity index (χ3v) is 8.22. The minimum absolute atomic E-state index is 0.980. The summed E-state index contributed by atoms with van der Waals surface area (Å²) < 4.78 is 2.37. The van der Waals surface area contributed by atoms with E-state index in [0.717, 1.165) is 24.0 Å². The fraction of sp³-hybridized carbons (Fsp3) is 0.0606. The molecule has 2 heterocycles. The van der Waals surface area contributed by atoms with Crippen LogP contribution in [0.3, 0.4) is 0 Å². The Balaban J connectivity index is 1.43. The first-order chi connectivity index (χ1) is 17.4. The van der Waals surface area contributed by atoms with Crippen molar-refractivity contribution in [2.75, 3.05) is 0 Å². The summed E-state index contributed by atoms with van der Waals surface area (Å²) in [5, 5.41) is 3.74. The van der Waals surface area contributed by atoms with E-state index in [-0.39, 0.29) is 0 Å². The van der Waals surface area contributed by atoms with Crippen molar-refractivity contribution in [2.24, 2.45) is 0 Å². The van der Waals surface area contributed by atoms with Gasteiger partial charge in [-0.3, -0.25) is 4.40 Å². The average molecular weight is 445 g/mol. The Bertz CT molecular complexity index is 2060. The molecule has 7 aromatic rings. The van der Waals surface area contributed by atoms with E-state index in [4.69, 9.17) is 4.98 Å². The van der Waals surface area contributed by atoms with Crippen LogP contribution in [0.15, 0.2) is 97.1 Å². The van der Waals surface area contributed by atoms with Gasteiger partial charge in [0.25, 0.3) is 0 Å². The predicted molar refractivity (Wildman–Crippen MR) is 144 cm³/mol. The molecule has 0 amide bonds. The largest absolute Gasteiger partial charge is 0.292 e. The molecule has 0 radical (unpaired) electrons. The molecule has 2 nitrogen and oxygen atoms in total. The Morgan fingerprint density at radius 1 is 0.514 bits per heavy atom. The Hall–Kier alpha value is -4.43. The number of para-hydroxylation sites is 1. The van der Waals surface area contributed by atoms with E-state index in [9.17, 15) is 0 Å². The van der Waals surface area contributed by atoms with Gasteiger partial charge >= 0.3 is 0 Å². The highest BCUT2D eigenvalue weighted by molar-refractivity contribution is 6.15. The fourth-order valence-electron chi connectivity index (χ4n) is 6.78. The van der Waals surface area contributed by atoms with Crippen molar-refractivity contribution in [1.29, 1.82) is 0 Å². The number of hydrogen-bond acceptors (Lipinski definition) is 1. The zero-order chi connectivity index (χ0) is 22.7. The molecule has 0 saturated carbocycles. The van der Waals surface area contributed by atoms with Crippen molar-refractivity contribution in [3.05, 3.63) is 119 Å². The van der Waals surface area contributed by atoms with Gasteiger partial charge in [0.15, 0.2) is 0 Å². The van der Waals surface area contributed by atoms with Gasteiger partial charge in [0.2, 0.25) is 0 Å². The van der Waals surface area contributed by atoms with E-state index in [1.165, 1.54) is 71.7 Å². The van der Waals surface area contributed by atoms with Gasteiger partial charge in [0.1, 0.15) is 5.65 Å². The Kier molecular flexibility index (Phi) is 3.16. The fourth-order valence-corrected chi connectivity index (χ4v) is 6.78. The molecule has 35 heavy (non-hydrogen) atoms. The molecule has 0 aliphatic heterocycles. The van der Waals surface area contributed by atoms with Gasteiger partial charge in [-0.1, -0.05) is 84.9 Å². The summed E-state index contributed by atoms with van der Waals surface area (Å²) in [5.41, 5.74) is 15.9. The molecular weight excluding hydrogens is 424 g/mol. The quantitative estimate of drug-likeness (QED) is 0.217. The second-order valence-electron chi connectivity index (χ2n) is 9.94. The summed E-state index contributed by atoms with van der Waals surface area (Å²) in [6.45, 7) is 0. The first-order valence-electron chi connectivity index (χ1n) is 12.3. The lowest BCUT2D eigenvalue weighted by Crippen LogP contribution is -1.91. The zero-order valence-electron chi connectivity index (χ0n) is 19.0. The molecular formula is C33H20N2. The van der Waals surface area contributed by atoms with Crippen LogP contribution >= 0.6 is 0 Å². The van der Waals surface area contributed by atoms with E-state index in [1.807, 2.05) is 0 Å². The smallest absolute Gasteiger partial charge is 0.146 e. The Labute approximate surface area is 202 Å². The molecule has 0 N–H and O–H groups in total. The van der Waals surface area contributed by atoms with Crippen molar-refractivity contribution >= 4 is 38.4 Å². The molecule has 0 spiro atoms. The minimum atomic E-state index is 0.980. The van der Waals surface area contributed by atoms with Crippen molar-refractivity contribution < 1.29 is 0 Å². The van der Waals surface area contributed by atoms with Crippen LogP contribution < -0.4 is 0 Å². The van der Waals surface area contributed by atoms with Gasteiger partial charge in [-0.2, -0.15) is 0 Å². The maximum atomic E-state index is 5.36. The first kappa shape index (κ1) is 18.0. The molecule has 0 unspecified atom stereocenters. The monoisotopic (exact) mass is 444 g/mol. The average Bonchev–Trinajstić information content (AvgIpc) is 3.59.